The van der Waals surface area contributed by atoms with Gasteiger partial charge in [-0.05, 0) is 41.5 Å². The number of carbonyl (C=O) groups excluding carboxylic acids is 1. The third kappa shape index (κ3) is 3.66. The van der Waals surface area contributed by atoms with Gasteiger partial charge in [0.05, 0.1) is 26.4 Å². The normalized spacial score (nSPS) is 11.5. The Morgan fingerprint density at radius 2 is 1.48 bits per heavy atom. The van der Waals surface area contributed by atoms with Crippen LogP contribution >= 0.6 is 11.6 Å². The summed E-state index contributed by atoms with van der Waals surface area (Å²) >= 11 is 6.43. The van der Waals surface area contributed by atoms with Crippen molar-refractivity contribution >= 4 is 28.5 Å². The van der Waals surface area contributed by atoms with Crippen LogP contribution in [0, 0.1) is 0 Å². The number of aldehydes is 1. The van der Waals surface area contributed by atoms with Gasteiger partial charge in [0.1, 0.15) is 5.75 Å². The summed E-state index contributed by atoms with van der Waals surface area (Å²) in [7, 11) is 4.69. The van der Waals surface area contributed by atoms with Gasteiger partial charge < -0.3 is 14.2 Å². The van der Waals surface area contributed by atoms with Crippen molar-refractivity contribution in [2.75, 3.05) is 21.3 Å². The van der Waals surface area contributed by atoms with Gasteiger partial charge in [0.25, 0.3) is 0 Å². The molecule has 0 unspecified atom stereocenters. The maximum atomic E-state index is 11.5. The van der Waals surface area contributed by atoms with Gasteiger partial charge >= 0.3 is 0 Å². The molecule has 0 aromatic heterocycles. The van der Waals surface area contributed by atoms with Crippen LogP contribution in [0.2, 0.25) is 0 Å². The predicted molar refractivity (Wildman–Crippen MR) is 91.3 cm³/mol. The smallest absolute Gasteiger partial charge is 0.161 e. The van der Waals surface area contributed by atoms with E-state index in [-0.39, 0.29) is 0 Å². The Bertz CT molecular complexity index is 720. The standard InChI is InChI=1S/C18H17ClO4/c1-21-14-7-4-12(5-8-14)15(11-20)18(19)13-6-9-16(22-2)17(10-13)23-3/h4-11H,1-3H3/b18-15-. The molecule has 0 aliphatic heterocycles. The van der Waals surface area contributed by atoms with Crippen molar-refractivity contribution in [1.82, 2.24) is 0 Å². The lowest BCUT2D eigenvalue weighted by Crippen LogP contribution is -1.94. The Labute approximate surface area is 140 Å². The van der Waals surface area contributed by atoms with Gasteiger partial charge in [-0.1, -0.05) is 23.7 Å². The first-order chi connectivity index (χ1) is 11.1. The molecule has 2 aromatic rings. The van der Waals surface area contributed by atoms with Crippen LogP contribution in [0.4, 0.5) is 0 Å². The van der Waals surface area contributed by atoms with E-state index in [1.165, 1.54) is 0 Å². The number of hydrogen-bond donors (Lipinski definition) is 0. The van der Waals surface area contributed by atoms with Crippen molar-refractivity contribution in [2.45, 2.75) is 0 Å². The first-order valence-electron chi connectivity index (χ1n) is 6.86. The highest BCUT2D eigenvalue weighted by atomic mass is 35.5. The van der Waals surface area contributed by atoms with E-state index in [1.807, 2.05) is 0 Å². The van der Waals surface area contributed by atoms with Crippen LogP contribution in [0.5, 0.6) is 17.2 Å². The highest BCUT2D eigenvalue weighted by Crippen LogP contribution is 2.35. The second-order valence-corrected chi connectivity index (χ2v) is 5.02. The van der Waals surface area contributed by atoms with E-state index in [0.29, 0.717) is 39.0 Å². The topological polar surface area (TPSA) is 44.8 Å². The maximum absolute atomic E-state index is 11.5. The van der Waals surface area contributed by atoms with Crippen LogP contribution in [-0.4, -0.2) is 27.6 Å². The number of rotatable bonds is 6. The molecule has 0 aliphatic carbocycles. The van der Waals surface area contributed by atoms with E-state index in [2.05, 4.69) is 0 Å². The molecule has 0 N–H and O–H groups in total. The molecule has 0 heterocycles. The fourth-order valence-corrected chi connectivity index (χ4v) is 2.42. The lowest BCUT2D eigenvalue weighted by Gasteiger charge is -2.11. The summed E-state index contributed by atoms with van der Waals surface area (Å²) in [4.78, 5) is 11.5. The van der Waals surface area contributed by atoms with Crippen LogP contribution in [-0.2, 0) is 4.79 Å². The van der Waals surface area contributed by atoms with Gasteiger partial charge in [-0.3, -0.25) is 4.79 Å². The minimum Gasteiger partial charge on any atom is -0.497 e. The number of halogens is 1. The minimum absolute atomic E-state index is 0.339. The van der Waals surface area contributed by atoms with Gasteiger partial charge in [-0.15, -0.1) is 0 Å². The van der Waals surface area contributed by atoms with Gasteiger partial charge in [0.15, 0.2) is 17.8 Å². The molecule has 0 fully saturated rings. The molecule has 23 heavy (non-hydrogen) atoms. The third-order valence-electron chi connectivity index (χ3n) is 3.39. The molecule has 4 nitrogen and oxygen atoms in total. The third-order valence-corrected chi connectivity index (χ3v) is 3.81. The Morgan fingerprint density at radius 1 is 0.870 bits per heavy atom. The monoisotopic (exact) mass is 332 g/mol. The number of allylic oxidation sites excluding steroid dienone is 1. The molecule has 2 rings (SSSR count). The van der Waals surface area contributed by atoms with Crippen LogP contribution < -0.4 is 14.2 Å². The second kappa shape index (κ2) is 7.70. The molecule has 0 saturated heterocycles. The van der Waals surface area contributed by atoms with Crippen LogP contribution in [0.25, 0.3) is 10.6 Å². The summed E-state index contributed by atoms with van der Waals surface area (Å²) in [6.07, 6.45) is 0.737. The van der Waals surface area contributed by atoms with Gasteiger partial charge in [-0.2, -0.15) is 0 Å². The SMILES string of the molecule is COc1ccc(/C(C=O)=C(\Cl)c2ccc(OC)c(OC)c2)cc1. The van der Waals surface area contributed by atoms with E-state index in [0.717, 1.165) is 6.29 Å². The average Bonchev–Trinajstić information content (AvgIpc) is 2.62. The van der Waals surface area contributed by atoms with Crippen LogP contribution in [0.3, 0.4) is 0 Å². The van der Waals surface area contributed by atoms with Crippen molar-refractivity contribution in [1.29, 1.82) is 0 Å². The van der Waals surface area contributed by atoms with Gasteiger partial charge in [-0.25, -0.2) is 0 Å². The Kier molecular flexibility index (Phi) is 5.66. The fraction of sp³-hybridized carbons (Fsp3) is 0.167. The summed E-state index contributed by atoms with van der Waals surface area (Å²) in [5.74, 6) is 1.85. The van der Waals surface area contributed by atoms with E-state index < -0.39 is 0 Å². The van der Waals surface area contributed by atoms with Crippen molar-refractivity contribution < 1.29 is 19.0 Å². The Hall–Kier alpha value is -2.46. The molecule has 0 bridgehead atoms. The minimum atomic E-state index is 0.339. The molecule has 0 spiro atoms. The summed E-state index contributed by atoms with van der Waals surface area (Å²) in [6, 6.07) is 12.4. The number of hydrogen-bond acceptors (Lipinski definition) is 4. The lowest BCUT2D eigenvalue weighted by molar-refractivity contribution is -0.103. The molecule has 2 aromatic carbocycles. The Balaban J connectivity index is 2.49. The number of carbonyl (C=O) groups is 1. The predicted octanol–water partition coefficient (Wildman–Crippen LogP) is 4.02. The van der Waals surface area contributed by atoms with E-state index in [4.69, 9.17) is 25.8 Å². The molecule has 0 amide bonds. The zero-order valence-electron chi connectivity index (χ0n) is 13.1. The fourth-order valence-electron chi connectivity index (χ4n) is 2.15. The number of ether oxygens (including phenoxy) is 3. The van der Waals surface area contributed by atoms with E-state index in [1.54, 1.807) is 63.8 Å². The second-order valence-electron chi connectivity index (χ2n) is 4.64. The number of benzene rings is 2. The van der Waals surface area contributed by atoms with Crippen LogP contribution in [0.15, 0.2) is 42.5 Å². The van der Waals surface area contributed by atoms with E-state index in [9.17, 15) is 4.79 Å². The largest absolute Gasteiger partial charge is 0.497 e. The van der Waals surface area contributed by atoms with Crippen molar-refractivity contribution in [3.8, 4) is 17.2 Å². The molecule has 0 aliphatic rings. The zero-order valence-corrected chi connectivity index (χ0v) is 13.9. The molecular weight excluding hydrogens is 316 g/mol. The molecular formula is C18H17ClO4. The van der Waals surface area contributed by atoms with E-state index >= 15 is 0 Å². The van der Waals surface area contributed by atoms with Gasteiger partial charge in [0, 0.05) is 5.57 Å². The molecule has 0 saturated carbocycles. The van der Waals surface area contributed by atoms with Crippen molar-refractivity contribution in [3.63, 3.8) is 0 Å². The maximum Gasteiger partial charge on any atom is 0.161 e. The number of methoxy groups -OCH3 is 3. The lowest BCUT2D eigenvalue weighted by atomic mass is 10.0. The molecule has 0 atom stereocenters. The quantitative estimate of drug-likeness (QED) is 0.455. The first kappa shape index (κ1) is 16.9. The molecule has 120 valence electrons. The zero-order chi connectivity index (χ0) is 16.8. The summed E-state index contributed by atoms with van der Waals surface area (Å²) < 4.78 is 15.6. The summed E-state index contributed by atoms with van der Waals surface area (Å²) in [5.41, 5.74) is 1.77. The molecule has 0 radical (unpaired) electrons. The van der Waals surface area contributed by atoms with Crippen molar-refractivity contribution in [3.05, 3.63) is 53.6 Å². The van der Waals surface area contributed by atoms with Gasteiger partial charge in [0.2, 0.25) is 0 Å². The highest BCUT2D eigenvalue weighted by Gasteiger charge is 2.12. The average molecular weight is 333 g/mol. The highest BCUT2D eigenvalue weighted by molar-refractivity contribution is 6.55. The Morgan fingerprint density at radius 3 is 2.00 bits per heavy atom. The summed E-state index contributed by atoms with van der Waals surface area (Å²) in [6.45, 7) is 0. The first-order valence-corrected chi connectivity index (χ1v) is 7.24. The van der Waals surface area contributed by atoms with Crippen molar-refractivity contribution in [2.24, 2.45) is 0 Å². The van der Waals surface area contributed by atoms with Crippen LogP contribution in [0.1, 0.15) is 11.1 Å². The molecule has 5 heteroatoms. The summed E-state index contributed by atoms with van der Waals surface area (Å²) in [5, 5.41) is 0.339.